The molecule has 1 unspecified atom stereocenters. The molecule has 0 aliphatic rings. The largest absolute Gasteiger partial charge is 0.477 e. The first-order chi connectivity index (χ1) is 15.6. The summed E-state index contributed by atoms with van der Waals surface area (Å²) in [5.41, 5.74) is 3.53. The van der Waals surface area contributed by atoms with Gasteiger partial charge in [0.25, 0.3) is 5.92 Å². The standard InChI is InChI=1S/C22H19F4N5O2/c1-21(32,14-2-4-15(23)5-3-14)22(25,26)9-11-33-18-7-6-16(24)19(29-18)13-8-10-31-17(12-13)28-20(27)30-31/h2-8,10,12,32H,9,11H2,1H3,(H2,27,30). The molecule has 0 spiro atoms. The Balaban J connectivity index is 1.48. The third kappa shape index (κ3) is 4.44. The number of nitrogens with zero attached hydrogens (tertiary/aromatic N) is 4. The normalized spacial score (nSPS) is 13.8. The zero-order valence-electron chi connectivity index (χ0n) is 17.3. The Kier molecular flexibility index (Phi) is 5.66. The molecule has 0 saturated carbocycles. The number of alkyl halides is 2. The van der Waals surface area contributed by atoms with Crippen molar-refractivity contribution in [2.45, 2.75) is 24.9 Å². The van der Waals surface area contributed by atoms with Crippen LogP contribution in [0.25, 0.3) is 16.9 Å². The summed E-state index contributed by atoms with van der Waals surface area (Å²) in [5, 5.41) is 14.3. The molecule has 4 rings (SSSR count). The summed E-state index contributed by atoms with van der Waals surface area (Å²) < 4.78 is 63.6. The van der Waals surface area contributed by atoms with E-state index < -0.39 is 36.2 Å². The summed E-state index contributed by atoms with van der Waals surface area (Å²) in [6.07, 6.45) is 0.664. The lowest BCUT2D eigenvalue weighted by molar-refractivity contribution is -0.184. The van der Waals surface area contributed by atoms with Gasteiger partial charge in [-0.2, -0.15) is 4.98 Å². The van der Waals surface area contributed by atoms with Crippen molar-refractivity contribution < 1.29 is 27.4 Å². The van der Waals surface area contributed by atoms with Gasteiger partial charge < -0.3 is 15.6 Å². The topological polar surface area (TPSA) is 98.6 Å². The van der Waals surface area contributed by atoms with Crippen LogP contribution in [0.15, 0.2) is 54.7 Å². The second kappa shape index (κ2) is 8.32. The molecule has 4 aromatic rings. The number of nitrogens with two attached hydrogens (primary N) is 1. The molecule has 0 aliphatic heterocycles. The molecule has 0 radical (unpaired) electrons. The van der Waals surface area contributed by atoms with E-state index in [4.69, 9.17) is 10.5 Å². The van der Waals surface area contributed by atoms with Crippen LogP contribution in [-0.4, -0.2) is 37.2 Å². The minimum absolute atomic E-state index is 0.0510. The predicted octanol–water partition coefficient (Wildman–Crippen LogP) is 3.96. The van der Waals surface area contributed by atoms with Crippen molar-refractivity contribution in [1.82, 2.24) is 19.6 Å². The molecule has 7 nitrogen and oxygen atoms in total. The van der Waals surface area contributed by atoms with Crippen molar-refractivity contribution in [1.29, 1.82) is 0 Å². The van der Waals surface area contributed by atoms with Gasteiger partial charge in [-0.1, -0.05) is 12.1 Å². The van der Waals surface area contributed by atoms with Gasteiger partial charge in [-0.05, 0) is 42.8 Å². The number of nitrogen functional groups attached to an aromatic ring is 1. The van der Waals surface area contributed by atoms with E-state index in [-0.39, 0.29) is 23.1 Å². The third-order valence-electron chi connectivity index (χ3n) is 5.23. The van der Waals surface area contributed by atoms with Crippen LogP contribution in [0.2, 0.25) is 0 Å². The highest BCUT2D eigenvalue weighted by atomic mass is 19.3. The Bertz CT molecular complexity index is 1290. The van der Waals surface area contributed by atoms with E-state index in [2.05, 4.69) is 15.1 Å². The highest BCUT2D eigenvalue weighted by Gasteiger charge is 2.49. The zero-order chi connectivity index (χ0) is 23.8. The van der Waals surface area contributed by atoms with E-state index in [0.717, 1.165) is 37.3 Å². The minimum atomic E-state index is -3.60. The van der Waals surface area contributed by atoms with E-state index in [1.54, 1.807) is 6.07 Å². The molecule has 33 heavy (non-hydrogen) atoms. The lowest BCUT2D eigenvalue weighted by Crippen LogP contribution is -2.43. The van der Waals surface area contributed by atoms with Gasteiger partial charge in [-0.25, -0.2) is 27.1 Å². The van der Waals surface area contributed by atoms with E-state index >= 15 is 0 Å². The van der Waals surface area contributed by atoms with Crippen LogP contribution in [0.1, 0.15) is 18.9 Å². The van der Waals surface area contributed by atoms with Gasteiger partial charge in [0.15, 0.2) is 11.2 Å². The molecule has 1 atom stereocenters. The Morgan fingerprint density at radius 2 is 1.79 bits per heavy atom. The molecular formula is C22H19F4N5O2. The van der Waals surface area contributed by atoms with Crippen molar-refractivity contribution in [3.05, 3.63) is 71.9 Å². The van der Waals surface area contributed by atoms with Gasteiger partial charge in [0.1, 0.15) is 17.3 Å². The molecule has 0 aliphatic carbocycles. The van der Waals surface area contributed by atoms with Gasteiger partial charge in [0.2, 0.25) is 11.8 Å². The lowest BCUT2D eigenvalue weighted by atomic mass is 9.87. The molecule has 3 aromatic heterocycles. The number of rotatable bonds is 7. The fourth-order valence-corrected chi connectivity index (χ4v) is 3.27. The average molecular weight is 461 g/mol. The molecule has 0 saturated heterocycles. The highest BCUT2D eigenvalue weighted by molar-refractivity contribution is 5.65. The number of aromatic nitrogens is 4. The maximum Gasteiger partial charge on any atom is 0.283 e. The van der Waals surface area contributed by atoms with Crippen LogP contribution in [0, 0.1) is 11.6 Å². The molecule has 11 heteroatoms. The number of aliphatic hydroxyl groups is 1. The Hall–Kier alpha value is -3.73. The summed E-state index contributed by atoms with van der Waals surface area (Å²) in [6.45, 7) is 0.435. The van der Waals surface area contributed by atoms with E-state index in [0.29, 0.717) is 11.2 Å². The second-order valence-corrected chi connectivity index (χ2v) is 7.55. The van der Waals surface area contributed by atoms with Crippen LogP contribution in [0.4, 0.5) is 23.5 Å². The summed E-state index contributed by atoms with van der Waals surface area (Å²) in [7, 11) is 0. The molecule has 0 fully saturated rings. The van der Waals surface area contributed by atoms with Crippen molar-refractivity contribution in [3.63, 3.8) is 0 Å². The fraction of sp³-hybridized carbons (Fsp3) is 0.227. The van der Waals surface area contributed by atoms with E-state index in [9.17, 15) is 22.7 Å². The number of benzene rings is 1. The number of hydrogen-bond donors (Lipinski definition) is 2. The Labute approximate surface area is 185 Å². The molecule has 0 amide bonds. The summed E-state index contributed by atoms with van der Waals surface area (Å²) in [5.74, 6) is -4.89. The lowest BCUT2D eigenvalue weighted by Gasteiger charge is -2.33. The Morgan fingerprint density at radius 1 is 1.06 bits per heavy atom. The van der Waals surface area contributed by atoms with Crippen molar-refractivity contribution >= 4 is 11.6 Å². The summed E-state index contributed by atoms with van der Waals surface area (Å²) >= 11 is 0. The molecule has 3 heterocycles. The van der Waals surface area contributed by atoms with Crippen molar-refractivity contribution in [2.75, 3.05) is 12.3 Å². The number of pyridine rings is 2. The van der Waals surface area contributed by atoms with Crippen LogP contribution in [0.5, 0.6) is 5.88 Å². The van der Waals surface area contributed by atoms with Gasteiger partial charge in [0, 0.05) is 24.2 Å². The third-order valence-corrected chi connectivity index (χ3v) is 5.23. The molecule has 3 N–H and O–H groups in total. The number of fused-ring (bicyclic) bond motifs is 1. The molecule has 0 bridgehead atoms. The fourth-order valence-electron chi connectivity index (χ4n) is 3.27. The van der Waals surface area contributed by atoms with Crippen LogP contribution in [-0.2, 0) is 5.60 Å². The first-order valence-electron chi connectivity index (χ1n) is 9.85. The van der Waals surface area contributed by atoms with Crippen LogP contribution in [0.3, 0.4) is 0 Å². The van der Waals surface area contributed by atoms with Crippen molar-refractivity contribution in [3.8, 4) is 17.1 Å². The number of hydrogen-bond acceptors (Lipinski definition) is 6. The zero-order valence-corrected chi connectivity index (χ0v) is 17.3. The predicted molar refractivity (Wildman–Crippen MR) is 112 cm³/mol. The van der Waals surface area contributed by atoms with Crippen LogP contribution < -0.4 is 10.5 Å². The van der Waals surface area contributed by atoms with Gasteiger partial charge >= 0.3 is 0 Å². The smallest absolute Gasteiger partial charge is 0.283 e. The quantitative estimate of drug-likeness (QED) is 0.404. The first-order valence-corrected chi connectivity index (χ1v) is 9.85. The SMILES string of the molecule is CC(O)(c1ccc(F)cc1)C(F)(F)CCOc1ccc(F)c(-c2ccn3nc(N)nc3c2)n1. The maximum atomic E-state index is 14.7. The Morgan fingerprint density at radius 3 is 2.52 bits per heavy atom. The monoisotopic (exact) mass is 461 g/mol. The van der Waals surface area contributed by atoms with Crippen LogP contribution >= 0.6 is 0 Å². The minimum Gasteiger partial charge on any atom is -0.477 e. The van der Waals surface area contributed by atoms with Gasteiger partial charge in [-0.15, -0.1) is 5.10 Å². The van der Waals surface area contributed by atoms with E-state index in [1.807, 2.05) is 0 Å². The summed E-state index contributed by atoms with van der Waals surface area (Å²) in [4.78, 5) is 8.07. The molecular weight excluding hydrogens is 442 g/mol. The number of halogens is 4. The average Bonchev–Trinajstić information content (AvgIpc) is 3.14. The van der Waals surface area contributed by atoms with Gasteiger partial charge in [0.05, 0.1) is 6.61 Å². The highest BCUT2D eigenvalue weighted by Crippen LogP contribution is 2.40. The second-order valence-electron chi connectivity index (χ2n) is 7.55. The molecule has 1 aromatic carbocycles. The number of ether oxygens (including phenoxy) is 1. The van der Waals surface area contributed by atoms with Gasteiger partial charge in [-0.3, -0.25) is 0 Å². The maximum absolute atomic E-state index is 14.7. The summed E-state index contributed by atoms with van der Waals surface area (Å²) in [6, 6.07) is 9.55. The molecule has 172 valence electrons. The van der Waals surface area contributed by atoms with E-state index in [1.165, 1.54) is 22.8 Å². The first kappa shape index (κ1) is 22.5. The number of anilines is 1. The van der Waals surface area contributed by atoms with Crippen molar-refractivity contribution in [2.24, 2.45) is 0 Å².